The molecule has 0 aromatic rings. The van der Waals surface area contributed by atoms with E-state index in [1.54, 1.807) is 0 Å². The average Bonchev–Trinajstić information content (AvgIpc) is 3.11. The van der Waals surface area contributed by atoms with Crippen molar-refractivity contribution in [2.24, 2.45) is 5.73 Å². The third-order valence-corrected chi connectivity index (χ3v) is 9.18. The van der Waals surface area contributed by atoms with Crippen molar-refractivity contribution in [1.82, 2.24) is 0 Å². The maximum atomic E-state index is 12.5. The van der Waals surface area contributed by atoms with Crippen LogP contribution in [0.2, 0.25) is 0 Å². The van der Waals surface area contributed by atoms with Crippen molar-refractivity contribution in [2.45, 2.75) is 174 Å². The van der Waals surface area contributed by atoms with Crippen LogP contribution in [-0.2, 0) is 32.7 Å². The first-order valence-corrected chi connectivity index (χ1v) is 21.6. The van der Waals surface area contributed by atoms with Gasteiger partial charge in [0.2, 0.25) is 0 Å². The van der Waals surface area contributed by atoms with Gasteiger partial charge in [-0.3, -0.25) is 18.6 Å². The van der Waals surface area contributed by atoms with E-state index in [4.69, 9.17) is 24.3 Å². The molecule has 0 saturated heterocycles. The second-order valence-corrected chi connectivity index (χ2v) is 14.6. The van der Waals surface area contributed by atoms with E-state index < -0.39 is 32.5 Å². The van der Waals surface area contributed by atoms with Crippen LogP contribution in [-0.4, -0.2) is 49.3 Å². The van der Waals surface area contributed by atoms with Gasteiger partial charge < -0.3 is 20.1 Å². The molecule has 0 aliphatic carbocycles. The zero-order valence-electron chi connectivity index (χ0n) is 32.3. The van der Waals surface area contributed by atoms with Gasteiger partial charge in [-0.2, -0.15) is 0 Å². The van der Waals surface area contributed by atoms with Gasteiger partial charge in [0.05, 0.1) is 13.2 Å². The third-order valence-electron chi connectivity index (χ3n) is 8.20. The molecule has 0 amide bonds. The summed E-state index contributed by atoms with van der Waals surface area (Å²) in [7, 11) is -4.38. The molecular weight excluding hydrogens is 665 g/mol. The van der Waals surface area contributed by atoms with E-state index in [0.717, 1.165) is 70.6 Å². The molecule has 51 heavy (non-hydrogen) atoms. The van der Waals surface area contributed by atoms with E-state index in [0.29, 0.717) is 6.42 Å². The fraction of sp³-hybridized carbons (Fsp3) is 0.756. The summed E-state index contributed by atoms with van der Waals surface area (Å²) in [6.07, 6.45) is 41.4. The molecule has 0 rings (SSSR count). The molecule has 0 spiro atoms. The Morgan fingerprint density at radius 1 is 0.608 bits per heavy atom. The first-order chi connectivity index (χ1) is 24.8. The number of phosphoric ester groups is 1. The Hall–Kier alpha value is -2.03. The minimum atomic E-state index is -4.38. The maximum absolute atomic E-state index is 12.5. The smallest absolute Gasteiger partial charge is 0.462 e. The maximum Gasteiger partial charge on any atom is 0.472 e. The molecule has 3 N–H and O–H groups in total. The number of esters is 2. The Balaban J connectivity index is 4.22. The molecule has 0 saturated carbocycles. The summed E-state index contributed by atoms with van der Waals surface area (Å²) in [5, 5.41) is 0. The summed E-state index contributed by atoms with van der Waals surface area (Å²) < 4.78 is 32.7. The van der Waals surface area contributed by atoms with Crippen LogP contribution in [0.5, 0.6) is 0 Å². The molecule has 2 atom stereocenters. The lowest BCUT2D eigenvalue weighted by atomic mass is 10.1. The Bertz CT molecular complexity index is 981. The van der Waals surface area contributed by atoms with Crippen LogP contribution in [0.25, 0.3) is 0 Å². The van der Waals surface area contributed by atoms with Crippen LogP contribution in [0.3, 0.4) is 0 Å². The fourth-order valence-electron chi connectivity index (χ4n) is 5.22. The largest absolute Gasteiger partial charge is 0.472 e. The highest BCUT2D eigenvalue weighted by atomic mass is 31.2. The quantitative estimate of drug-likeness (QED) is 0.0276. The number of nitrogens with two attached hydrogens (primary N) is 1. The van der Waals surface area contributed by atoms with Gasteiger partial charge in [-0.1, -0.05) is 140 Å². The van der Waals surface area contributed by atoms with Crippen molar-refractivity contribution in [2.75, 3.05) is 26.4 Å². The number of hydrogen-bond donors (Lipinski definition) is 2. The highest BCUT2D eigenvalue weighted by Gasteiger charge is 2.25. The normalized spacial score (nSPS) is 13.9. The van der Waals surface area contributed by atoms with Crippen molar-refractivity contribution >= 4 is 19.8 Å². The number of hydrogen-bond acceptors (Lipinski definition) is 8. The number of carbonyl (C=O) groups is 2. The molecule has 0 fully saturated rings. The summed E-state index contributed by atoms with van der Waals surface area (Å²) in [4.78, 5) is 34.8. The summed E-state index contributed by atoms with van der Waals surface area (Å²) in [6.45, 7) is 3.56. The number of carbonyl (C=O) groups excluding carboxylic acids is 2. The standard InChI is InChI=1S/C41H74NO8P/c1-3-5-7-9-11-13-15-17-19-21-23-25-27-29-31-33-40(43)47-37-39(38-49-51(45,46)48-36-35-42)50-41(44)34-32-30-28-26-24-22-20-18-16-14-12-10-8-6-4-2/h6,8-9,11-12,14,18,20,39H,3-5,7,10,13,15-17,19,21-38,42H2,1-2H3,(H,45,46)/b8-6+,11-9+,14-12+,20-18+/t39-/m1/s1. The van der Waals surface area contributed by atoms with Gasteiger partial charge in [0, 0.05) is 19.4 Å². The van der Waals surface area contributed by atoms with Crippen LogP contribution >= 0.6 is 7.82 Å². The first-order valence-electron chi connectivity index (χ1n) is 20.1. The van der Waals surface area contributed by atoms with Gasteiger partial charge in [0.1, 0.15) is 6.61 Å². The Kier molecular flexibility index (Phi) is 36.2. The predicted octanol–water partition coefficient (Wildman–Crippen LogP) is 11.2. The summed E-state index contributed by atoms with van der Waals surface area (Å²) in [5.74, 6) is -0.854. The summed E-state index contributed by atoms with van der Waals surface area (Å²) in [5.41, 5.74) is 5.34. The number of allylic oxidation sites excluding steroid dienone is 8. The van der Waals surface area contributed by atoms with Crippen LogP contribution in [0.15, 0.2) is 48.6 Å². The predicted molar refractivity (Wildman–Crippen MR) is 210 cm³/mol. The molecular formula is C41H74NO8P. The molecule has 0 radical (unpaired) electrons. The van der Waals surface area contributed by atoms with E-state index in [9.17, 15) is 19.0 Å². The SMILES string of the molecule is CC/C=C/C/C=C/C/C=C/CCCCCCCC(=O)O[C@H](COC(=O)CCCCCCCCCCC/C=C/CCCC)COP(=O)(O)OCCN. The lowest BCUT2D eigenvalue weighted by Gasteiger charge is -2.19. The minimum Gasteiger partial charge on any atom is -0.462 e. The van der Waals surface area contributed by atoms with Crippen LogP contribution in [0.4, 0.5) is 0 Å². The van der Waals surface area contributed by atoms with Crippen molar-refractivity contribution in [1.29, 1.82) is 0 Å². The van der Waals surface area contributed by atoms with Crippen LogP contribution in [0, 0.1) is 0 Å². The number of rotatable bonds is 37. The van der Waals surface area contributed by atoms with Crippen LogP contribution < -0.4 is 5.73 Å². The van der Waals surface area contributed by atoms with Crippen molar-refractivity contribution < 1.29 is 37.6 Å². The summed E-state index contributed by atoms with van der Waals surface area (Å²) >= 11 is 0. The molecule has 0 heterocycles. The van der Waals surface area contributed by atoms with E-state index in [1.165, 1.54) is 64.2 Å². The van der Waals surface area contributed by atoms with Gasteiger partial charge >= 0.3 is 19.8 Å². The first kappa shape index (κ1) is 49.0. The minimum absolute atomic E-state index is 0.0486. The second kappa shape index (κ2) is 37.7. The molecule has 9 nitrogen and oxygen atoms in total. The topological polar surface area (TPSA) is 134 Å². The van der Waals surface area contributed by atoms with E-state index in [1.807, 2.05) is 0 Å². The van der Waals surface area contributed by atoms with Gasteiger partial charge in [0.25, 0.3) is 0 Å². The number of phosphoric acid groups is 1. The molecule has 0 aliphatic heterocycles. The highest BCUT2D eigenvalue weighted by molar-refractivity contribution is 7.47. The monoisotopic (exact) mass is 740 g/mol. The fourth-order valence-corrected chi connectivity index (χ4v) is 5.98. The Labute approximate surface area is 311 Å². The molecule has 10 heteroatoms. The Morgan fingerprint density at radius 2 is 1.08 bits per heavy atom. The van der Waals surface area contributed by atoms with Gasteiger partial charge in [-0.15, -0.1) is 0 Å². The number of ether oxygens (including phenoxy) is 2. The van der Waals surface area contributed by atoms with Gasteiger partial charge in [-0.25, -0.2) is 4.57 Å². The second-order valence-electron chi connectivity index (χ2n) is 13.1. The van der Waals surface area contributed by atoms with Crippen molar-refractivity contribution in [3.05, 3.63) is 48.6 Å². The molecule has 0 bridgehead atoms. The Morgan fingerprint density at radius 3 is 1.63 bits per heavy atom. The zero-order chi connectivity index (χ0) is 37.5. The molecule has 0 aromatic carbocycles. The molecule has 0 aromatic heterocycles. The molecule has 1 unspecified atom stereocenters. The molecule has 0 aliphatic rings. The van der Waals surface area contributed by atoms with Gasteiger partial charge in [-0.05, 0) is 64.2 Å². The summed E-state index contributed by atoms with van der Waals surface area (Å²) in [6, 6.07) is 0. The average molecular weight is 740 g/mol. The number of unbranched alkanes of at least 4 members (excludes halogenated alkanes) is 16. The lowest BCUT2D eigenvalue weighted by molar-refractivity contribution is -0.161. The highest BCUT2D eigenvalue weighted by Crippen LogP contribution is 2.43. The van der Waals surface area contributed by atoms with Crippen molar-refractivity contribution in [3.63, 3.8) is 0 Å². The lowest BCUT2D eigenvalue weighted by Crippen LogP contribution is -2.29. The third kappa shape index (κ3) is 37.5. The molecule has 296 valence electrons. The van der Waals surface area contributed by atoms with E-state index in [-0.39, 0.29) is 32.6 Å². The van der Waals surface area contributed by atoms with Crippen LogP contribution in [0.1, 0.15) is 168 Å². The van der Waals surface area contributed by atoms with E-state index >= 15 is 0 Å². The van der Waals surface area contributed by atoms with Crippen molar-refractivity contribution in [3.8, 4) is 0 Å². The van der Waals surface area contributed by atoms with Gasteiger partial charge in [0.15, 0.2) is 6.10 Å². The van der Waals surface area contributed by atoms with E-state index in [2.05, 4.69) is 62.5 Å². The zero-order valence-corrected chi connectivity index (χ0v) is 33.2.